The molecule has 0 spiro atoms. The molecule has 0 heterocycles. The van der Waals surface area contributed by atoms with Gasteiger partial charge in [0.15, 0.2) is 11.5 Å². The lowest BCUT2D eigenvalue weighted by Crippen LogP contribution is -2.10. The summed E-state index contributed by atoms with van der Waals surface area (Å²) < 4.78 is 34.5. The Morgan fingerprint density at radius 3 is 2.29 bits per heavy atom. The van der Waals surface area contributed by atoms with Crippen molar-refractivity contribution >= 4 is 10.1 Å². The Morgan fingerprint density at radius 2 is 1.71 bits per heavy atom. The van der Waals surface area contributed by atoms with Crippen molar-refractivity contribution in [3.8, 4) is 17.6 Å². The van der Waals surface area contributed by atoms with Gasteiger partial charge < -0.3 is 8.92 Å². The second-order valence-electron chi connectivity index (χ2n) is 4.33. The summed E-state index contributed by atoms with van der Waals surface area (Å²) in [6.07, 6.45) is 0. The number of nitrogens with zero attached hydrogens (tertiary/aromatic N) is 1. The summed E-state index contributed by atoms with van der Waals surface area (Å²) in [4.78, 5) is 0.0551. The van der Waals surface area contributed by atoms with Crippen molar-refractivity contribution in [1.29, 1.82) is 5.26 Å². The molecule has 6 heteroatoms. The predicted molar refractivity (Wildman–Crippen MR) is 76.7 cm³/mol. The van der Waals surface area contributed by atoms with Crippen LogP contribution in [0, 0.1) is 18.3 Å². The highest BCUT2D eigenvalue weighted by atomic mass is 32.2. The molecule has 2 aromatic carbocycles. The van der Waals surface area contributed by atoms with E-state index in [1.165, 1.54) is 37.4 Å². The molecule has 0 amide bonds. The maximum absolute atomic E-state index is 12.2. The molecule has 0 N–H and O–H groups in total. The van der Waals surface area contributed by atoms with Crippen LogP contribution in [0.3, 0.4) is 0 Å². The second-order valence-corrected chi connectivity index (χ2v) is 5.87. The first-order chi connectivity index (χ1) is 9.96. The molecule has 0 atom stereocenters. The fraction of sp³-hybridized carbons (Fsp3) is 0.133. The Kier molecular flexibility index (Phi) is 4.15. The van der Waals surface area contributed by atoms with Crippen molar-refractivity contribution in [1.82, 2.24) is 0 Å². The molecule has 0 saturated carbocycles. The van der Waals surface area contributed by atoms with Gasteiger partial charge in [-0.25, -0.2) is 0 Å². The molecule has 2 aromatic rings. The standard InChI is InChI=1S/C15H13NO4S/c1-11-3-6-13(7-4-11)21(17,18)20-14-8-5-12(10-16)9-15(14)19-2/h3-9H,1-2H3. The van der Waals surface area contributed by atoms with Crippen LogP contribution in [-0.2, 0) is 10.1 Å². The Balaban J connectivity index is 2.37. The van der Waals surface area contributed by atoms with Crippen LogP contribution >= 0.6 is 0 Å². The monoisotopic (exact) mass is 303 g/mol. The fourth-order valence-corrected chi connectivity index (χ4v) is 2.62. The maximum atomic E-state index is 12.2. The van der Waals surface area contributed by atoms with Crippen molar-refractivity contribution in [2.75, 3.05) is 7.11 Å². The molecule has 0 radical (unpaired) electrons. The summed E-state index contributed by atoms with van der Waals surface area (Å²) in [6, 6.07) is 12.5. The smallest absolute Gasteiger partial charge is 0.339 e. The Labute approximate surface area is 123 Å². The van der Waals surface area contributed by atoms with Crippen LogP contribution in [0.15, 0.2) is 47.4 Å². The van der Waals surface area contributed by atoms with E-state index in [0.717, 1.165) is 5.56 Å². The highest BCUT2D eigenvalue weighted by Gasteiger charge is 2.19. The van der Waals surface area contributed by atoms with Gasteiger partial charge in [0.25, 0.3) is 0 Å². The summed E-state index contributed by atoms with van der Waals surface area (Å²) in [7, 11) is -2.57. The number of benzene rings is 2. The third kappa shape index (κ3) is 3.33. The molecule has 108 valence electrons. The van der Waals surface area contributed by atoms with E-state index < -0.39 is 10.1 Å². The zero-order valence-corrected chi connectivity index (χ0v) is 12.3. The van der Waals surface area contributed by atoms with Crippen LogP contribution < -0.4 is 8.92 Å². The van der Waals surface area contributed by atoms with E-state index in [-0.39, 0.29) is 16.4 Å². The molecule has 0 aliphatic carbocycles. The van der Waals surface area contributed by atoms with E-state index in [1.54, 1.807) is 12.1 Å². The third-order valence-electron chi connectivity index (χ3n) is 2.80. The van der Waals surface area contributed by atoms with Crippen LogP contribution in [0.4, 0.5) is 0 Å². The average molecular weight is 303 g/mol. The zero-order chi connectivity index (χ0) is 15.5. The summed E-state index contributed by atoms with van der Waals surface area (Å²) in [5.41, 5.74) is 1.30. The summed E-state index contributed by atoms with van der Waals surface area (Å²) in [5, 5.41) is 8.82. The predicted octanol–water partition coefficient (Wildman–Crippen LogP) is 2.64. The van der Waals surface area contributed by atoms with E-state index in [0.29, 0.717) is 5.56 Å². The molecule has 0 unspecified atom stereocenters. The van der Waals surface area contributed by atoms with E-state index in [4.69, 9.17) is 14.2 Å². The van der Waals surface area contributed by atoms with E-state index in [9.17, 15) is 8.42 Å². The number of ether oxygens (including phenoxy) is 1. The van der Waals surface area contributed by atoms with Crippen LogP contribution in [-0.4, -0.2) is 15.5 Å². The molecular weight excluding hydrogens is 290 g/mol. The number of methoxy groups -OCH3 is 1. The molecule has 2 rings (SSSR count). The summed E-state index contributed by atoms with van der Waals surface area (Å²) >= 11 is 0. The van der Waals surface area contributed by atoms with Crippen LogP contribution in [0.2, 0.25) is 0 Å². The number of rotatable bonds is 4. The highest BCUT2D eigenvalue weighted by Crippen LogP contribution is 2.30. The quantitative estimate of drug-likeness (QED) is 0.812. The largest absolute Gasteiger partial charge is 0.493 e. The lowest BCUT2D eigenvalue weighted by molar-refractivity contribution is 0.390. The van der Waals surface area contributed by atoms with E-state index in [2.05, 4.69) is 0 Å². The van der Waals surface area contributed by atoms with Crippen molar-refractivity contribution in [2.45, 2.75) is 11.8 Å². The molecule has 0 aliphatic rings. The topological polar surface area (TPSA) is 76.4 Å². The molecule has 0 aliphatic heterocycles. The van der Waals surface area contributed by atoms with Gasteiger partial charge in [0.1, 0.15) is 4.90 Å². The van der Waals surface area contributed by atoms with E-state index >= 15 is 0 Å². The van der Waals surface area contributed by atoms with Crippen molar-refractivity contribution in [3.63, 3.8) is 0 Å². The number of hydrogen-bond donors (Lipinski definition) is 0. The van der Waals surface area contributed by atoms with Gasteiger partial charge in [-0.1, -0.05) is 17.7 Å². The lowest BCUT2D eigenvalue weighted by Gasteiger charge is -2.11. The number of hydrogen-bond acceptors (Lipinski definition) is 5. The van der Waals surface area contributed by atoms with Crippen LogP contribution in [0.25, 0.3) is 0 Å². The highest BCUT2D eigenvalue weighted by molar-refractivity contribution is 7.87. The Morgan fingerprint density at radius 1 is 1.05 bits per heavy atom. The average Bonchev–Trinajstić information content (AvgIpc) is 2.47. The SMILES string of the molecule is COc1cc(C#N)ccc1OS(=O)(=O)c1ccc(C)cc1. The van der Waals surface area contributed by atoms with Gasteiger partial charge in [0, 0.05) is 6.07 Å². The molecule has 21 heavy (non-hydrogen) atoms. The lowest BCUT2D eigenvalue weighted by atomic mass is 10.2. The minimum atomic E-state index is -3.95. The van der Waals surface area contributed by atoms with Crippen LogP contribution in [0.5, 0.6) is 11.5 Å². The normalized spacial score (nSPS) is 10.7. The van der Waals surface area contributed by atoms with Gasteiger partial charge in [-0.2, -0.15) is 13.7 Å². The van der Waals surface area contributed by atoms with Gasteiger partial charge in [-0.15, -0.1) is 0 Å². The van der Waals surface area contributed by atoms with Crippen molar-refractivity contribution < 1.29 is 17.3 Å². The third-order valence-corrected chi connectivity index (χ3v) is 4.05. The van der Waals surface area contributed by atoms with Gasteiger partial charge in [0.05, 0.1) is 18.7 Å². The zero-order valence-electron chi connectivity index (χ0n) is 11.5. The minimum absolute atomic E-state index is 0.0390. The summed E-state index contributed by atoms with van der Waals surface area (Å²) in [6.45, 7) is 1.86. The first-order valence-corrected chi connectivity index (χ1v) is 7.46. The number of nitriles is 1. The Hall–Kier alpha value is -2.52. The first kappa shape index (κ1) is 14.9. The summed E-state index contributed by atoms with van der Waals surface area (Å²) in [5.74, 6) is 0.224. The first-order valence-electron chi connectivity index (χ1n) is 6.05. The molecule has 0 saturated heterocycles. The molecule has 0 fully saturated rings. The van der Waals surface area contributed by atoms with Gasteiger partial charge in [0.2, 0.25) is 0 Å². The van der Waals surface area contributed by atoms with Gasteiger partial charge in [-0.05, 0) is 31.2 Å². The minimum Gasteiger partial charge on any atom is -0.493 e. The van der Waals surface area contributed by atoms with E-state index in [1.807, 2.05) is 13.0 Å². The number of aryl methyl sites for hydroxylation is 1. The van der Waals surface area contributed by atoms with Gasteiger partial charge in [-0.3, -0.25) is 0 Å². The molecule has 0 aromatic heterocycles. The van der Waals surface area contributed by atoms with Crippen molar-refractivity contribution in [3.05, 3.63) is 53.6 Å². The fourth-order valence-electron chi connectivity index (χ4n) is 1.68. The van der Waals surface area contributed by atoms with Crippen LogP contribution in [0.1, 0.15) is 11.1 Å². The van der Waals surface area contributed by atoms with Crippen molar-refractivity contribution in [2.24, 2.45) is 0 Å². The molecule has 0 bridgehead atoms. The second kappa shape index (κ2) is 5.85. The molecular formula is C15H13NO4S. The maximum Gasteiger partial charge on any atom is 0.339 e. The Bertz CT molecular complexity index is 789. The van der Waals surface area contributed by atoms with Gasteiger partial charge >= 0.3 is 10.1 Å². The molecule has 5 nitrogen and oxygen atoms in total.